The molecule has 3 aliphatic rings. The second kappa shape index (κ2) is 13.4. The number of rotatable bonds is 13. The molecule has 5 amide bonds. The van der Waals surface area contributed by atoms with Crippen molar-refractivity contribution >= 4 is 39.6 Å². The van der Waals surface area contributed by atoms with Crippen molar-refractivity contribution in [3.05, 3.63) is 0 Å². The smallest absolute Gasteiger partial charge is 0.315 e. The van der Waals surface area contributed by atoms with E-state index in [4.69, 9.17) is 5.73 Å². The van der Waals surface area contributed by atoms with E-state index in [0.29, 0.717) is 13.0 Å². The number of urea groups is 1. The molecule has 1 heterocycles. The maximum Gasteiger partial charge on any atom is 0.315 e. The Bertz CT molecular complexity index is 1310. The maximum absolute atomic E-state index is 14.3. The van der Waals surface area contributed by atoms with Gasteiger partial charge in [0.05, 0.1) is 11.8 Å². The Balaban J connectivity index is 1.83. The summed E-state index contributed by atoms with van der Waals surface area (Å²) in [6, 6.07) is -4.18. The summed E-state index contributed by atoms with van der Waals surface area (Å²) < 4.78 is 26.1. The summed E-state index contributed by atoms with van der Waals surface area (Å²) in [7, 11) is -2.02. The third-order valence-corrected chi connectivity index (χ3v) is 12.3. The Labute approximate surface area is 274 Å². The zero-order valence-corrected chi connectivity index (χ0v) is 30.0. The van der Waals surface area contributed by atoms with E-state index in [-0.39, 0.29) is 35.5 Å². The minimum atomic E-state index is -3.49. The molecule has 0 radical (unpaired) electrons. The van der Waals surface area contributed by atoms with Gasteiger partial charge in [0.25, 0.3) is 5.91 Å². The Morgan fingerprint density at radius 3 is 2.02 bits per heavy atom. The molecule has 0 bridgehead atoms. The zero-order chi connectivity index (χ0) is 35.2. The van der Waals surface area contributed by atoms with Crippen molar-refractivity contribution in [3.8, 4) is 0 Å². The van der Waals surface area contributed by atoms with E-state index in [1.54, 1.807) is 6.92 Å². The molecule has 1 aliphatic heterocycles. The minimum Gasteiger partial charge on any atom is -0.363 e. The number of ketones is 1. The van der Waals surface area contributed by atoms with Crippen molar-refractivity contribution in [1.82, 2.24) is 25.2 Å². The number of primary amides is 1. The first kappa shape index (κ1) is 37.7. The van der Waals surface area contributed by atoms with Crippen LogP contribution in [0.2, 0.25) is 0 Å². The van der Waals surface area contributed by atoms with Crippen LogP contribution in [0.1, 0.15) is 88.0 Å². The van der Waals surface area contributed by atoms with Gasteiger partial charge in [0.2, 0.25) is 27.6 Å². The van der Waals surface area contributed by atoms with Crippen molar-refractivity contribution in [1.29, 1.82) is 0 Å². The van der Waals surface area contributed by atoms with Gasteiger partial charge in [-0.25, -0.2) is 17.5 Å². The van der Waals surface area contributed by atoms with Crippen molar-refractivity contribution < 1.29 is 32.4 Å². The Morgan fingerprint density at radius 1 is 0.978 bits per heavy atom. The van der Waals surface area contributed by atoms with Crippen molar-refractivity contribution in [2.45, 2.75) is 112 Å². The number of carbonyl (C=O) groups is 5. The summed E-state index contributed by atoms with van der Waals surface area (Å²) in [5, 5.41) is 8.50. The first-order valence-corrected chi connectivity index (χ1v) is 18.0. The van der Waals surface area contributed by atoms with Crippen molar-refractivity contribution in [3.63, 3.8) is 0 Å². The summed E-state index contributed by atoms with van der Waals surface area (Å²) >= 11 is 0. The van der Waals surface area contributed by atoms with Crippen LogP contribution in [0.15, 0.2) is 0 Å². The number of likely N-dealkylation sites (N-methyl/N-ethyl adjacent to an activating group) is 1. The van der Waals surface area contributed by atoms with Gasteiger partial charge in [-0.1, -0.05) is 74.7 Å². The van der Waals surface area contributed by atoms with Crippen LogP contribution in [-0.4, -0.2) is 97.2 Å². The molecule has 0 spiro atoms. The average molecular weight is 669 g/mol. The van der Waals surface area contributed by atoms with Gasteiger partial charge in [-0.05, 0) is 47.3 Å². The van der Waals surface area contributed by atoms with Crippen molar-refractivity contribution in [2.75, 3.05) is 25.9 Å². The SMILES string of the molecule is CCS(=O)(=O)N(C)C[C@@H](NC(=O)N[C@H](C(=O)N1C[C@H]2C([C@H]1C(=O)NC(CC1CCC1)C(=O)C(N)=O)C2(C)C)C(C)(C)C)C(C)(C)C. The van der Waals surface area contributed by atoms with Crippen LogP contribution in [0, 0.1) is 34.0 Å². The van der Waals surface area contributed by atoms with Crippen molar-refractivity contribution in [2.24, 2.45) is 39.7 Å². The molecule has 3 fully saturated rings. The number of nitrogens with two attached hydrogens (primary N) is 1. The quantitative estimate of drug-likeness (QED) is 0.215. The standard InChI is InChI=1S/C32H56N6O7S/c1-11-46(44,45)37(10)17-21(30(2,3)4)35-29(43)36-25(31(5,6)7)28(42)38-16-19-22(32(19,8)9)23(38)27(41)34-20(24(39)26(33)40)15-18-13-12-14-18/h18-23,25H,11-17H2,1-10H3,(H2,33,40)(H,34,41)(H2,35,36,43)/t19-,20?,21+,22?,23-,25+/m0/s1. The lowest BCUT2D eigenvalue weighted by Gasteiger charge is -2.39. The molecule has 2 aliphatic carbocycles. The first-order chi connectivity index (χ1) is 20.9. The number of fused-ring (bicyclic) bond motifs is 1. The molecule has 2 unspecified atom stereocenters. The van der Waals surface area contributed by atoms with Crippen LogP contribution in [0.4, 0.5) is 4.79 Å². The third-order valence-electron chi connectivity index (χ3n) is 10.4. The van der Waals surface area contributed by atoms with Gasteiger partial charge in [0, 0.05) is 26.2 Å². The fraction of sp³-hybridized carbons (Fsp3) is 0.844. The second-order valence-electron chi connectivity index (χ2n) is 16.2. The number of nitrogens with zero attached hydrogens (tertiary/aromatic N) is 2. The fourth-order valence-electron chi connectivity index (χ4n) is 6.81. The molecule has 5 N–H and O–H groups in total. The molecular weight excluding hydrogens is 612 g/mol. The molecule has 0 aromatic carbocycles. The number of likely N-dealkylation sites (tertiary alicyclic amines) is 1. The lowest BCUT2D eigenvalue weighted by molar-refractivity contribution is -0.145. The molecule has 6 atom stereocenters. The lowest BCUT2D eigenvalue weighted by Crippen LogP contribution is -2.62. The summed E-state index contributed by atoms with van der Waals surface area (Å²) in [4.78, 5) is 67.7. The number of piperidine rings is 1. The molecule has 262 valence electrons. The lowest BCUT2D eigenvalue weighted by atomic mass is 9.80. The molecule has 46 heavy (non-hydrogen) atoms. The monoisotopic (exact) mass is 668 g/mol. The first-order valence-electron chi connectivity index (χ1n) is 16.4. The van der Waals surface area contributed by atoms with Crippen LogP contribution in [0.25, 0.3) is 0 Å². The third kappa shape index (κ3) is 8.21. The number of carbonyl (C=O) groups excluding carboxylic acids is 5. The normalized spacial score (nSPS) is 24.7. The largest absolute Gasteiger partial charge is 0.363 e. The van der Waals surface area contributed by atoms with Gasteiger partial charge in [0.1, 0.15) is 12.1 Å². The summed E-state index contributed by atoms with van der Waals surface area (Å²) in [5.74, 6) is -2.85. The second-order valence-corrected chi connectivity index (χ2v) is 18.6. The van der Waals surface area contributed by atoms with Gasteiger partial charge >= 0.3 is 6.03 Å². The number of hydrogen-bond donors (Lipinski definition) is 4. The van der Waals surface area contributed by atoms with Crippen LogP contribution in [-0.2, 0) is 29.2 Å². The predicted molar refractivity (Wildman–Crippen MR) is 175 cm³/mol. The predicted octanol–water partition coefficient (Wildman–Crippen LogP) is 1.61. The Morgan fingerprint density at radius 2 is 1.57 bits per heavy atom. The highest BCUT2D eigenvalue weighted by Gasteiger charge is 2.70. The number of Topliss-reactive ketones (excluding diaryl/α,β-unsaturated/α-hetero) is 1. The van der Waals surface area contributed by atoms with E-state index in [9.17, 15) is 32.4 Å². The van der Waals surface area contributed by atoms with E-state index in [2.05, 4.69) is 16.0 Å². The summed E-state index contributed by atoms with van der Waals surface area (Å²) in [6.45, 7) is 17.1. The highest BCUT2D eigenvalue weighted by molar-refractivity contribution is 7.89. The number of amides is 5. The maximum atomic E-state index is 14.3. The highest BCUT2D eigenvalue weighted by Crippen LogP contribution is 2.65. The van der Waals surface area contributed by atoms with Gasteiger partial charge in [-0.15, -0.1) is 0 Å². The van der Waals surface area contributed by atoms with E-state index in [1.807, 2.05) is 55.4 Å². The van der Waals surface area contributed by atoms with Crippen LogP contribution >= 0.6 is 0 Å². The zero-order valence-electron chi connectivity index (χ0n) is 29.2. The Kier molecular flexibility index (Phi) is 11.0. The summed E-state index contributed by atoms with van der Waals surface area (Å²) in [6.07, 6.45) is 3.17. The average Bonchev–Trinajstić information content (AvgIpc) is 3.22. The van der Waals surface area contributed by atoms with Gasteiger partial charge in [-0.3, -0.25) is 19.2 Å². The van der Waals surface area contributed by atoms with Gasteiger partial charge in [0.15, 0.2) is 0 Å². The van der Waals surface area contributed by atoms with E-state index in [0.717, 1.165) is 19.3 Å². The summed E-state index contributed by atoms with van der Waals surface area (Å²) in [5.41, 5.74) is 3.84. The van der Waals surface area contributed by atoms with E-state index >= 15 is 0 Å². The number of nitrogens with one attached hydrogen (secondary N) is 3. The molecular formula is C32H56N6O7S. The molecule has 1 saturated heterocycles. The molecule has 3 rings (SSSR count). The minimum absolute atomic E-state index is 0.0418. The van der Waals surface area contributed by atoms with Crippen LogP contribution in [0.5, 0.6) is 0 Å². The van der Waals surface area contributed by atoms with Gasteiger partial charge < -0.3 is 26.6 Å². The molecule has 0 aromatic heterocycles. The number of hydrogen-bond acceptors (Lipinski definition) is 7. The van der Waals surface area contributed by atoms with E-state index in [1.165, 1.54) is 16.3 Å². The van der Waals surface area contributed by atoms with Crippen LogP contribution in [0.3, 0.4) is 0 Å². The molecule has 0 aromatic rings. The van der Waals surface area contributed by atoms with Crippen LogP contribution < -0.4 is 21.7 Å². The van der Waals surface area contributed by atoms with Gasteiger partial charge in [-0.2, -0.15) is 0 Å². The Hall–Kier alpha value is -2.74. The molecule has 14 heteroatoms. The fourth-order valence-corrected chi connectivity index (χ4v) is 7.62. The van der Waals surface area contributed by atoms with E-state index < -0.39 is 74.6 Å². The highest BCUT2D eigenvalue weighted by atomic mass is 32.2. The number of sulfonamides is 1. The topological polar surface area (TPSA) is 188 Å². The molecule has 13 nitrogen and oxygen atoms in total. The molecule has 2 saturated carbocycles.